The van der Waals surface area contributed by atoms with E-state index in [0.717, 1.165) is 13.0 Å². The monoisotopic (exact) mass is 357 g/mol. The van der Waals surface area contributed by atoms with E-state index in [1.165, 1.54) is 29.5 Å². The predicted octanol–water partition coefficient (Wildman–Crippen LogP) is 5.59. The van der Waals surface area contributed by atoms with Crippen molar-refractivity contribution < 1.29 is 0 Å². The molecule has 104 valence electrons. The second kappa shape index (κ2) is 6.53. The maximum atomic E-state index is 3.69. The summed E-state index contributed by atoms with van der Waals surface area (Å²) in [6.45, 7) is 9.87. The molecule has 2 aromatic rings. The lowest BCUT2D eigenvalue weighted by Gasteiger charge is -2.17. The Hall–Kier alpha value is -0.160. The summed E-state index contributed by atoms with van der Waals surface area (Å²) in [4.78, 5) is 4.24. The van der Waals surface area contributed by atoms with Gasteiger partial charge in [0.05, 0.1) is 9.83 Å². The maximum absolute atomic E-state index is 3.69. The van der Waals surface area contributed by atoms with Crippen LogP contribution in [0.25, 0.3) is 0 Å². The molecule has 4 heteroatoms. The van der Waals surface area contributed by atoms with Gasteiger partial charge in [-0.3, -0.25) is 0 Å². The minimum Gasteiger partial charge on any atom is -0.306 e. The number of rotatable bonds is 5. The molecule has 0 saturated carbocycles. The summed E-state index contributed by atoms with van der Waals surface area (Å²) in [6, 6.07) is 4.93. The van der Waals surface area contributed by atoms with E-state index in [9.17, 15) is 0 Å². The van der Waals surface area contributed by atoms with E-state index < -0.39 is 0 Å². The van der Waals surface area contributed by atoms with Gasteiger partial charge in [-0.2, -0.15) is 0 Å². The topological polar surface area (TPSA) is 12.0 Å². The van der Waals surface area contributed by atoms with E-state index in [4.69, 9.17) is 0 Å². The number of halogens is 1. The molecule has 19 heavy (non-hydrogen) atoms. The molecule has 2 aromatic heterocycles. The van der Waals surface area contributed by atoms with Crippen molar-refractivity contribution in [1.82, 2.24) is 5.32 Å². The fourth-order valence-electron chi connectivity index (χ4n) is 2.14. The third kappa shape index (κ3) is 3.48. The standard InChI is InChI=1S/C15H20BrNS2/c1-5-6-17-15(12-8-14(16)19-11(12)4)13-7-9(2)10(3)18-13/h7-8,15,17H,5-6H2,1-4H3. The van der Waals surface area contributed by atoms with E-state index in [1.807, 2.05) is 22.7 Å². The second-order valence-corrected chi connectivity index (χ2v) is 8.76. The molecule has 0 aliphatic rings. The molecule has 2 heterocycles. The molecule has 0 aliphatic carbocycles. The van der Waals surface area contributed by atoms with Crippen LogP contribution in [0, 0.1) is 20.8 Å². The van der Waals surface area contributed by atoms with Crippen molar-refractivity contribution in [2.24, 2.45) is 0 Å². The molecule has 1 unspecified atom stereocenters. The molecular formula is C15H20BrNS2. The molecule has 1 nitrogen and oxygen atoms in total. The number of nitrogens with one attached hydrogen (secondary N) is 1. The minimum atomic E-state index is 0.333. The van der Waals surface area contributed by atoms with Gasteiger partial charge in [-0.25, -0.2) is 0 Å². The maximum Gasteiger partial charge on any atom is 0.0704 e. The van der Waals surface area contributed by atoms with Crippen LogP contribution in [0.1, 0.15) is 45.1 Å². The third-order valence-corrected chi connectivity index (χ3v) is 6.09. The van der Waals surface area contributed by atoms with Crippen molar-refractivity contribution in [3.8, 4) is 0 Å². The van der Waals surface area contributed by atoms with Crippen LogP contribution in [0.2, 0.25) is 0 Å². The van der Waals surface area contributed by atoms with Crippen molar-refractivity contribution in [3.05, 3.63) is 41.7 Å². The zero-order valence-corrected chi connectivity index (χ0v) is 15.1. The highest BCUT2D eigenvalue weighted by atomic mass is 79.9. The Morgan fingerprint density at radius 1 is 1.16 bits per heavy atom. The minimum absolute atomic E-state index is 0.333. The Balaban J connectivity index is 2.38. The Bertz CT molecular complexity index is 537. The first kappa shape index (κ1) is 15.2. The molecular weight excluding hydrogens is 338 g/mol. The van der Waals surface area contributed by atoms with Crippen molar-refractivity contribution in [2.75, 3.05) is 6.54 Å². The van der Waals surface area contributed by atoms with Crippen LogP contribution in [0.3, 0.4) is 0 Å². The predicted molar refractivity (Wildman–Crippen MR) is 90.7 cm³/mol. The molecule has 0 amide bonds. The number of aryl methyl sites for hydroxylation is 3. The summed E-state index contributed by atoms with van der Waals surface area (Å²) < 4.78 is 1.22. The van der Waals surface area contributed by atoms with Crippen LogP contribution in [0.5, 0.6) is 0 Å². The van der Waals surface area contributed by atoms with Gasteiger partial charge in [-0.1, -0.05) is 6.92 Å². The molecule has 0 fully saturated rings. The van der Waals surface area contributed by atoms with Gasteiger partial charge in [0.1, 0.15) is 0 Å². The van der Waals surface area contributed by atoms with Gasteiger partial charge in [0.2, 0.25) is 0 Å². The van der Waals surface area contributed by atoms with Crippen LogP contribution in [0.15, 0.2) is 15.9 Å². The Labute approximate surface area is 132 Å². The van der Waals surface area contributed by atoms with Gasteiger partial charge >= 0.3 is 0 Å². The van der Waals surface area contributed by atoms with E-state index in [2.05, 4.69) is 61.1 Å². The van der Waals surface area contributed by atoms with Crippen molar-refractivity contribution in [1.29, 1.82) is 0 Å². The van der Waals surface area contributed by atoms with Crippen molar-refractivity contribution in [3.63, 3.8) is 0 Å². The molecule has 0 saturated heterocycles. The Kier molecular flexibility index (Phi) is 5.23. The lowest BCUT2D eigenvalue weighted by atomic mass is 10.1. The summed E-state index contributed by atoms with van der Waals surface area (Å²) in [5.74, 6) is 0. The largest absolute Gasteiger partial charge is 0.306 e. The summed E-state index contributed by atoms with van der Waals surface area (Å²) in [6.07, 6.45) is 1.16. The Morgan fingerprint density at radius 3 is 2.37 bits per heavy atom. The molecule has 2 rings (SSSR count). The zero-order chi connectivity index (χ0) is 14.0. The van der Waals surface area contributed by atoms with E-state index >= 15 is 0 Å². The molecule has 0 aliphatic heterocycles. The molecule has 0 spiro atoms. The third-order valence-electron chi connectivity index (χ3n) is 3.31. The van der Waals surface area contributed by atoms with Crippen LogP contribution in [-0.2, 0) is 0 Å². The number of hydrogen-bond acceptors (Lipinski definition) is 3. The van der Waals surface area contributed by atoms with Gasteiger partial charge in [-0.05, 0) is 72.9 Å². The van der Waals surface area contributed by atoms with Gasteiger partial charge in [0.15, 0.2) is 0 Å². The molecule has 1 N–H and O–H groups in total. The van der Waals surface area contributed by atoms with Gasteiger partial charge in [0, 0.05) is 14.6 Å². The smallest absolute Gasteiger partial charge is 0.0704 e. The van der Waals surface area contributed by atoms with Crippen LogP contribution in [0.4, 0.5) is 0 Å². The van der Waals surface area contributed by atoms with Crippen molar-refractivity contribution in [2.45, 2.75) is 40.2 Å². The average molecular weight is 358 g/mol. The fourth-order valence-corrected chi connectivity index (χ4v) is 5.03. The van der Waals surface area contributed by atoms with Gasteiger partial charge in [-0.15, -0.1) is 22.7 Å². The summed E-state index contributed by atoms with van der Waals surface area (Å²) in [7, 11) is 0. The first-order valence-corrected chi connectivity index (χ1v) is 9.01. The van der Waals surface area contributed by atoms with Crippen LogP contribution < -0.4 is 5.32 Å². The summed E-state index contributed by atoms with van der Waals surface area (Å²) in [5, 5.41) is 3.69. The first-order valence-electron chi connectivity index (χ1n) is 6.59. The zero-order valence-electron chi connectivity index (χ0n) is 11.8. The lowest BCUT2D eigenvalue weighted by molar-refractivity contribution is 0.605. The quantitative estimate of drug-likeness (QED) is 0.735. The molecule has 0 radical (unpaired) electrons. The average Bonchev–Trinajstić information content (AvgIpc) is 2.84. The van der Waals surface area contributed by atoms with Crippen LogP contribution in [-0.4, -0.2) is 6.54 Å². The van der Waals surface area contributed by atoms with Crippen LogP contribution >= 0.6 is 38.6 Å². The lowest BCUT2D eigenvalue weighted by Crippen LogP contribution is -2.22. The highest BCUT2D eigenvalue weighted by Gasteiger charge is 2.20. The highest BCUT2D eigenvalue weighted by Crippen LogP contribution is 2.37. The second-order valence-electron chi connectivity index (χ2n) is 4.84. The molecule has 0 bridgehead atoms. The summed E-state index contributed by atoms with van der Waals surface area (Å²) in [5.41, 5.74) is 2.81. The van der Waals surface area contributed by atoms with Gasteiger partial charge in [0.25, 0.3) is 0 Å². The van der Waals surface area contributed by atoms with E-state index in [0.29, 0.717) is 6.04 Å². The normalized spacial score (nSPS) is 12.9. The first-order chi connectivity index (χ1) is 9.02. The van der Waals surface area contributed by atoms with E-state index in [1.54, 1.807) is 0 Å². The fraction of sp³-hybridized carbons (Fsp3) is 0.467. The SMILES string of the molecule is CCCNC(c1cc(C)c(C)s1)c1cc(Br)sc1C. The number of hydrogen-bond donors (Lipinski definition) is 1. The Morgan fingerprint density at radius 2 is 1.89 bits per heavy atom. The van der Waals surface area contributed by atoms with E-state index in [-0.39, 0.29) is 0 Å². The highest BCUT2D eigenvalue weighted by molar-refractivity contribution is 9.11. The molecule has 0 aromatic carbocycles. The number of thiophene rings is 2. The van der Waals surface area contributed by atoms with Gasteiger partial charge < -0.3 is 5.32 Å². The molecule has 1 atom stereocenters. The summed E-state index contributed by atoms with van der Waals surface area (Å²) >= 11 is 7.34. The van der Waals surface area contributed by atoms with Crippen molar-refractivity contribution >= 4 is 38.6 Å².